The number of hydrogen-bond acceptors (Lipinski definition) is 6. The number of rotatable bonds is 9. The molecule has 0 N–H and O–H groups in total. The van der Waals surface area contributed by atoms with Crippen molar-refractivity contribution in [1.29, 1.82) is 0 Å². The second kappa shape index (κ2) is 5.24. The molecule has 3 atom stereocenters. The summed E-state index contributed by atoms with van der Waals surface area (Å²) in [5.74, 6) is 3.40. The van der Waals surface area contributed by atoms with E-state index in [1.54, 1.807) is 0 Å². The van der Waals surface area contributed by atoms with Gasteiger partial charge in [-0.3, -0.25) is 0 Å². The van der Waals surface area contributed by atoms with Gasteiger partial charge in [-0.05, 0) is 26.2 Å². The molecule has 0 radical (unpaired) electrons. The van der Waals surface area contributed by atoms with E-state index in [0.717, 1.165) is 37.1 Å². The van der Waals surface area contributed by atoms with Gasteiger partial charge in [0.2, 0.25) is 0 Å². The van der Waals surface area contributed by atoms with Gasteiger partial charge in [-0.2, -0.15) is 0 Å². The van der Waals surface area contributed by atoms with Crippen molar-refractivity contribution in [3.05, 3.63) is 0 Å². The lowest BCUT2D eigenvalue weighted by Crippen LogP contribution is -2.29. The molecule has 3 fully saturated rings. The zero-order valence-corrected chi connectivity index (χ0v) is 15.1. The van der Waals surface area contributed by atoms with Gasteiger partial charge in [-0.1, -0.05) is 6.92 Å². The normalized spacial score (nSPS) is 45.0. The molecule has 116 valence electrons. The number of thioether (sulfide) groups is 3. The predicted molar refractivity (Wildman–Crippen MR) is 88.6 cm³/mol. The van der Waals surface area contributed by atoms with Crippen molar-refractivity contribution in [2.45, 2.75) is 42.5 Å². The summed E-state index contributed by atoms with van der Waals surface area (Å²) in [5, 5.41) is 0. The second-order valence-electron chi connectivity index (χ2n) is 6.94. The molecule has 3 unspecified atom stereocenters. The largest absolute Gasteiger partial charge is 0.358 e. The second-order valence-corrected chi connectivity index (χ2v) is 11.3. The van der Waals surface area contributed by atoms with E-state index in [9.17, 15) is 0 Å². The van der Waals surface area contributed by atoms with Crippen LogP contribution >= 0.6 is 35.3 Å². The van der Waals surface area contributed by atoms with Crippen molar-refractivity contribution in [3.8, 4) is 0 Å². The highest BCUT2D eigenvalue weighted by Crippen LogP contribution is 2.49. The Kier molecular flexibility index (Phi) is 4.14. The Hall–Kier alpha value is 0.930. The summed E-state index contributed by atoms with van der Waals surface area (Å²) in [7, 11) is 0. The molecular formula is C14H24O3S3. The van der Waals surface area contributed by atoms with Gasteiger partial charge < -0.3 is 14.2 Å². The Morgan fingerprint density at radius 2 is 1.00 bits per heavy atom. The van der Waals surface area contributed by atoms with Gasteiger partial charge in [0, 0.05) is 17.3 Å². The van der Waals surface area contributed by atoms with E-state index in [-0.39, 0.29) is 14.8 Å². The van der Waals surface area contributed by atoms with Crippen molar-refractivity contribution in [2.24, 2.45) is 5.41 Å². The Balaban J connectivity index is 1.51. The molecule has 3 heterocycles. The quantitative estimate of drug-likeness (QED) is 0.601. The number of ether oxygens (including phenoxy) is 3. The van der Waals surface area contributed by atoms with Crippen LogP contribution < -0.4 is 0 Å². The summed E-state index contributed by atoms with van der Waals surface area (Å²) in [6.07, 6.45) is 0. The number of epoxide rings is 3. The molecule has 0 saturated carbocycles. The van der Waals surface area contributed by atoms with Crippen LogP contribution in [-0.2, 0) is 14.2 Å². The van der Waals surface area contributed by atoms with Crippen LogP contribution in [0.5, 0.6) is 0 Å². The average Bonchev–Trinajstić information content (AvgIpc) is 3.30. The van der Waals surface area contributed by atoms with Crippen LogP contribution in [0.3, 0.4) is 0 Å². The zero-order valence-electron chi connectivity index (χ0n) is 12.7. The van der Waals surface area contributed by atoms with Crippen LogP contribution in [-0.4, -0.2) is 51.9 Å². The van der Waals surface area contributed by atoms with Gasteiger partial charge in [0.1, 0.15) is 14.8 Å². The minimum Gasteiger partial charge on any atom is -0.358 e. The maximum Gasteiger partial charge on any atom is 0.134 e. The maximum atomic E-state index is 5.51. The third-order valence-corrected chi connectivity index (χ3v) is 8.89. The van der Waals surface area contributed by atoms with E-state index in [2.05, 4.69) is 27.7 Å². The fraction of sp³-hybridized carbons (Fsp3) is 1.00. The van der Waals surface area contributed by atoms with Crippen LogP contribution in [0.25, 0.3) is 0 Å². The van der Waals surface area contributed by atoms with Gasteiger partial charge in [0.25, 0.3) is 0 Å². The molecule has 20 heavy (non-hydrogen) atoms. The van der Waals surface area contributed by atoms with E-state index in [0.29, 0.717) is 5.41 Å². The molecule has 0 bridgehead atoms. The molecule has 6 heteroatoms. The first-order valence-corrected chi connectivity index (χ1v) is 10.0. The molecule has 0 amide bonds. The topological polar surface area (TPSA) is 37.6 Å². The van der Waals surface area contributed by atoms with Crippen molar-refractivity contribution in [1.82, 2.24) is 0 Å². The standard InChI is InChI=1S/C14H24O3S3/c1-11(8-18-12(2)5-15-12,9-19-13(3)6-16-13)10-20-14(4)7-17-14/h5-10H2,1-4H3. The lowest BCUT2D eigenvalue weighted by Gasteiger charge is -2.30. The predicted octanol–water partition coefficient (Wildman–Crippen LogP) is 3.43. The van der Waals surface area contributed by atoms with E-state index < -0.39 is 0 Å². The van der Waals surface area contributed by atoms with Crippen molar-refractivity contribution in [3.63, 3.8) is 0 Å². The van der Waals surface area contributed by atoms with E-state index in [1.165, 1.54) is 0 Å². The summed E-state index contributed by atoms with van der Waals surface area (Å²) in [6, 6.07) is 0. The monoisotopic (exact) mass is 336 g/mol. The van der Waals surface area contributed by atoms with Gasteiger partial charge in [-0.25, -0.2) is 0 Å². The molecule has 3 saturated heterocycles. The van der Waals surface area contributed by atoms with Crippen LogP contribution in [0.15, 0.2) is 0 Å². The minimum absolute atomic E-state index is 0.0799. The molecule has 0 aliphatic carbocycles. The van der Waals surface area contributed by atoms with Crippen molar-refractivity contribution in [2.75, 3.05) is 37.1 Å². The summed E-state index contributed by atoms with van der Waals surface area (Å²) in [5.41, 5.74) is 0.291. The van der Waals surface area contributed by atoms with E-state index in [4.69, 9.17) is 14.2 Å². The smallest absolute Gasteiger partial charge is 0.134 e. The summed E-state index contributed by atoms with van der Waals surface area (Å²) >= 11 is 5.89. The first-order chi connectivity index (χ1) is 9.24. The zero-order chi connectivity index (χ0) is 14.5. The first kappa shape index (κ1) is 15.8. The Morgan fingerprint density at radius 1 is 0.750 bits per heavy atom. The fourth-order valence-corrected chi connectivity index (χ4v) is 5.30. The Labute approximate surface area is 134 Å². The summed E-state index contributed by atoms with van der Waals surface area (Å²) < 4.78 is 16.5. The highest BCUT2D eigenvalue weighted by atomic mass is 32.2. The molecular weight excluding hydrogens is 312 g/mol. The van der Waals surface area contributed by atoms with Crippen LogP contribution in [0.2, 0.25) is 0 Å². The molecule has 3 aliphatic heterocycles. The summed E-state index contributed by atoms with van der Waals surface area (Å²) in [4.78, 5) is 0.240. The molecule has 3 aliphatic rings. The Bertz CT molecular complexity index is 321. The molecule has 3 nitrogen and oxygen atoms in total. The van der Waals surface area contributed by atoms with Crippen LogP contribution in [0.1, 0.15) is 27.7 Å². The average molecular weight is 337 g/mol. The summed E-state index contributed by atoms with van der Waals surface area (Å²) in [6.45, 7) is 11.7. The maximum absolute atomic E-state index is 5.51. The van der Waals surface area contributed by atoms with E-state index >= 15 is 0 Å². The fourth-order valence-electron chi connectivity index (χ4n) is 1.66. The van der Waals surface area contributed by atoms with Crippen LogP contribution in [0.4, 0.5) is 0 Å². The lowest BCUT2D eigenvalue weighted by molar-refractivity contribution is 0.394. The highest BCUT2D eigenvalue weighted by Gasteiger charge is 2.47. The third-order valence-electron chi connectivity index (χ3n) is 3.83. The van der Waals surface area contributed by atoms with E-state index in [1.807, 2.05) is 35.3 Å². The van der Waals surface area contributed by atoms with Crippen molar-refractivity contribution < 1.29 is 14.2 Å². The molecule has 3 rings (SSSR count). The van der Waals surface area contributed by atoms with Crippen molar-refractivity contribution >= 4 is 35.3 Å². The Morgan fingerprint density at radius 3 is 1.20 bits per heavy atom. The first-order valence-electron chi connectivity index (χ1n) is 7.08. The molecule has 0 aromatic heterocycles. The molecule has 0 aromatic rings. The molecule has 0 aromatic carbocycles. The van der Waals surface area contributed by atoms with Gasteiger partial charge >= 0.3 is 0 Å². The van der Waals surface area contributed by atoms with Gasteiger partial charge in [0.05, 0.1) is 19.8 Å². The van der Waals surface area contributed by atoms with Gasteiger partial charge in [0.15, 0.2) is 0 Å². The lowest BCUT2D eigenvalue weighted by atomic mass is 9.99. The highest BCUT2D eigenvalue weighted by molar-refractivity contribution is 8.02. The minimum atomic E-state index is 0.0799. The van der Waals surface area contributed by atoms with Crippen LogP contribution in [0, 0.1) is 5.41 Å². The third kappa shape index (κ3) is 4.46. The SMILES string of the molecule is CC(CSC1(C)CO1)(CSC1(C)CO1)CSC1(C)CO1. The molecule has 0 spiro atoms. The van der Waals surface area contributed by atoms with Gasteiger partial charge in [-0.15, -0.1) is 35.3 Å². The number of hydrogen-bond donors (Lipinski definition) is 0.